The average molecular weight is 280 g/mol. The van der Waals surface area contributed by atoms with Crippen LogP contribution in [-0.4, -0.2) is 30.3 Å². The molecule has 1 aromatic rings. The van der Waals surface area contributed by atoms with E-state index < -0.39 is 0 Å². The number of aliphatic hydroxyl groups excluding tert-OH is 1. The molecule has 1 saturated heterocycles. The lowest BCUT2D eigenvalue weighted by Crippen LogP contribution is -2.28. The van der Waals surface area contributed by atoms with E-state index in [1.165, 1.54) is 6.07 Å². The molecule has 1 aromatic carbocycles. The highest BCUT2D eigenvalue weighted by Crippen LogP contribution is 2.31. The summed E-state index contributed by atoms with van der Waals surface area (Å²) in [6.45, 7) is 8.19. The number of halogens is 1. The van der Waals surface area contributed by atoms with Gasteiger partial charge < -0.3 is 15.3 Å². The van der Waals surface area contributed by atoms with E-state index in [1.807, 2.05) is 13.0 Å². The molecule has 2 N–H and O–H groups in total. The van der Waals surface area contributed by atoms with Crippen LogP contribution < -0.4 is 10.2 Å². The summed E-state index contributed by atoms with van der Waals surface area (Å²) in [7, 11) is 0. The Morgan fingerprint density at radius 1 is 1.40 bits per heavy atom. The average Bonchev–Trinajstić information content (AvgIpc) is 2.85. The Morgan fingerprint density at radius 2 is 2.15 bits per heavy atom. The summed E-state index contributed by atoms with van der Waals surface area (Å²) >= 11 is 0. The zero-order valence-corrected chi connectivity index (χ0v) is 12.6. The molecule has 112 valence electrons. The first-order valence-electron chi connectivity index (χ1n) is 7.42. The zero-order chi connectivity index (χ0) is 14.7. The van der Waals surface area contributed by atoms with Crippen molar-refractivity contribution in [2.45, 2.75) is 45.9 Å². The highest BCUT2D eigenvalue weighted by atomic mass is 19.1. The Bertz CT molecular complexity index is 448. The Kier molecular flexibility index (Phi) is 5.00. The van der Waals surface area contributed by atoms with Crippen LogP contribution in [-0.2, 0) is 6.54 Å². The maximum atomic E-state index is 14.2. The maximum absolute atomic E-state index is 14.2. The van der Waals surface area contributed by atoms with Gasteiger partial charge in [0.25, 0.3) is 0 Å². The molecule has 1 heterocycles. The molecule has 0 bridgehead atoms. The molecule has 0 spiro atoms. The van der Waals surface area contributed by atoms with Gasteiger partial charge in [-0.3, -0.25) is 0 Å². The molecule has 0 radical (unpaired) electrons. The fourth-order valence-corrected chi connectivity index (χ4v) is 2.76. The van der Waals surface area contributed by atoms with Crippen molar-refractivity contribution in [3.63, 3.8) is 0 Å². The van der Waals surface area contributed by atoms with Crippen molar-refractivity contribution in [1.29, 1.82) is 0 Å². The topological polar surface area (TPSA) is 35.5 Å². The Balaban J connectivity index is 2.18. The van der Waals surface area contributed by atoms with Gasteiger partial charge in [0.15, 0.2) is 0 Å². The Hall–Kier alpha value is -1.13. The van der Waals surface area contributed by atoms with Gasteiger partial charge in [0, 0.05) is 31.6 Å². The molecule has 20 heavy (non-hydrogen) atoms. The van der Waals surface area contributed by atoms with Gasteiger partial charge >= 0.3 is 0 Å². The number of hydrogen-bond acceptors (Lipinski definition) is 3. The fourth-order valence-electron chi connectivity index (χ4n) is 2.76. The number of anilines is 1. The van der Waals surface area contributed by atoms with Crippen molar-refractivity contribution >= 4 is 5.69 Å². The zero-order valence-electron chi connectivity index (χ0n) is 12.6. The van der Waals surface area contributed by atoms with Gasteiger partial charge in [-0.15, -0.1) is 0 Å². The number of para-hydroxylation sites is 1. The minimum absolute atomic E-state index is 0.167. The lowest BCUT2D eigenvalue weighted by atomic mass is 10.0. The third kappa shape index (κ3) is 3.49. The van der Waals surface area contributed by atoms with Gasteiger partial charge in [-0.1, -0.05) is 26.0 Å². The monoisotopic (exact) mass is 280 g/mol. The van der Waals surface area contributed by atoms with E-state index in [2.05, 4.69) is 24.1 Å². The van der Waals surface area contributed by atoms with Crippen LogP contribution in [0.15, 0.2) is 18.2 Å². The van der Waals surface area contributed by atoms with E-state index in [0.29, 0.717) is 18.3 Å². The third-order valence-electron chi connectivity index (χ3n) is 3.99. The molecule has 1 aliphatic rings. The summed E-state index contributed by atoms with van der Waals surface area (Å²) in [6, 6.07) is 5.63. The van der Waals surface area contributed by atoms with Gasteiger partial charge in [-0.2, -0.15) is 0 Å². The van der Waals surface area contributed by atoms with Gasteiger partial charge in [0.1, 0.15) is 5.82 Å². The maximum Gasteiger partial charge on any atom is 0.146 e. The van der Waals surface area contributed by atoms with Crippen LogP contribution in [0.2, 0.25) is 0 Å². The normalized spacial score (nSPS) is 20.7. The van der Waals surface area contributed by atoms with Crippen LogP contribution in [0.25, 0.3) is 0 Å². The van der Waals surface area contributed by atoms with Crippen molar-refractivity contribution in [1.82, 2.24) is 5.32 Å². The lowest BCUT2D eigenvalue weighted by molar-refractivity contribution is 0.136. The molecule has 2 unspecified atom stereocenters. The molecule has 0 amide bonds. The predicted molar refractivity (Wildman–Crippen MR) is 80.4 cm³/mol. The molecule has 4 heteroatoms. The van der Waals surface area contributed by atoms with E-state index in [0.717, 1.165) is 25.1 Å². The largest absolute Gasteiger partial charge is 0.393 e. The van der Waals surface area contributed by atoms with Crippen LogP contribution in [0, 0.1) is 11.7 Å². The van der Waals surface area contributed by atoms with E-state index in [9.17, 15) is 9.50 Å². The van der Waals surface area contributed by atoms with E-state index >= 15 is 0 Å². The molecule has 0 aliphatic carbocycles. The molecule has 1 fully saturated rings. The van der Waals surface area contributed by atoms with Crippen LogP contribution in [0.5, 0.6) is 0 Å². The van der Waals surface area contributed by atoms with Crippen molar-refractivity contribution in [3.8, 4) is 0 Å². The van der Waals surface area contributed by atoms with Gasteiger partial charge in [-0.25, -0.2) is 4.39 Å². The second-order valence-electron chi connectivity index (χ2n) is 6.02. The number of aliphatic hydroxyl groups is 1. The van der Waals surface area contributed by atoms with E-state index in [4.69, 9.17) is 0 Å². The number of nitrogens with zero attached hydrogens (tertiary/aromatic N) is 1. The van der Waals surface area contributed by atoms with Gasteiger partial charge in [0.05, 0.1) is 11.8 Å². The number of rotatable bonds is 5. The Labute approximate surface area is 120 Å². The first kappa shape index (κ1) is 15.3. The molecule has 1 aliphatic heterocycles. The fraction of sp³-hybridized carbons (Fsp3) is 0.625. The lowest BCUT2D eigenvalue weighted by Gasteiger charge is -2.24. The van der Waals surface area contributed by atoms with E-state index in [-0.39, 0.29) is 17.8 Å². The SMILES string of the molecule is CC(C)NCc1cccc(F)c1N1CCC(C(C)O)C1. The van der Waals surface area contributed by atoms with Crippen molar-refractivity contribution in [2.75, 3.05) is 18.0 Å². The molecule has 2 atom stereocenters. The number of hydrogen-bond donors (Lipinski definition) is 2. The molecule has 0 saturated carbocycles. The molecular weight excluding hydrogens is 255 g/mol. The Morgan fingerprint density at radius 3 is 2.75 bits per heavy atom. The van der Waals surface area contributed by atoms with Gasteiger partial charge in [-0.05, 0) is 25.0 Å². The predicted octanol–water partition coefficient (Wildman–Crippen LogP) is 2.53. The van der Waals surface area contributed by atoms with Crippen molar-refractivity contribution in [2.24, 2.45) is 5.92 Å². The summed E-state index contributed by atoms with van der Waals surface area (Å²) < 4.78 is 14.2. The van der Waals surface area contributed by atoms with Crippen molar-refractivity contribution in [3.05, 3.63) is 29.6 Å². The van der Waals surface area contributed by atoms with Crippen molar-refractivity contribution < 1.29 is 9.50 Å². The smallest absolute Gasteiger partial charge is 0.146 e. The number of nitrogens with one attached hydrogen (secondary N) is 1. The molecule has 2 rings (SSSR count). The second kappa shape index (κ2) is 6.55. The minimum Gasteiger partial charge on any atom is -0.393 e. The molecular formula is C16H25FN2O. The first-order valence-corrected chi connectivity index (χ1v) is 7.42. The quantitative estimate of drug-likeness (QED) is 0.870. The third-order valence-corrected chi connectivity index (χ3v) is 3.99. The summed E-state index contributed by atoms with van der Waals surface area (Å²) in [5.74, 6) is 0.0693. The van der Waals surface area contributed by atoms with Gasteiger partial charge in [0.2, 0.25) is 0 Å². The van der Waals surface area contributed by atoms with E-state index in [1.54, 1.807) is 6.07 Å². The summed E-state index contributed by atoms with van der Waals surface area (Å²) in [4.78, 5) is 2.07. The standard InChI is InChI=1S/C16H25FN2O/c1-11(2)18-9-13-5-4-6-15(17)16(13)19-8-7-14(10-19)12(3)20/h4-6,11-12,14,18,20H,7-10H2,1-3H3. The van der Waals surface area contributed by atoms with Crippen LogP contribution in [0.4, 0.5) is 10.1 Å². The minimum atomic E-state index is -0.330. The van der Waals surface area contributed by atoms with Crippen LogP contribution >= 0.6 is 0 Å². The first-order chi connectivity index (χ1) is 9.49. The highest BCUT2D eigenvalue weighted by molar-refractivity contribution is 5.55. The second-order valence-corrected chi connectivity index (χ2v) is 6.02. The molecule has 3 nitrogen and oxygen atoms in total. The van der Waals surface area contributed by atoms with Crippen LogP contribution in [0.1, 0.15) is 32.8 Å². The summed E-state index contributed by atoms with van der Waals surface area (Å²) in [5, 5.41) is 13.0. The molecule has 0 aromatic heterocycles. The van der Waals surface area contributed by atoms with Crippen LogP contribution in [0.3, 0.4) is 0 Å². The highest BCUT2D eigenvalue weighted by Gasteiger charge is 2.28. The summed E-state index contributed by atoms with van der Waals surface area (Å²) in [6.07, 6.45) is 0.590. The summed E-state index contributed by atoms with van der Waals surface area (Å²) in [5.41, 5.74) is 1.69. The number of benzene rings is 1.